The molecule has 0 saturated heterocycles. The minimum atomic E-state index is -2.63. The molecule has 0 aliphatic heterocycles. The van der Waals surface area contributed by atoms with Crippen molar-refractivity contribution in [3.63, 3.8) is 0 Å². The smallest absolute Gasteiger partial charge is 0.234 e. The van der Waals surface area contributed by atoms with E-state index in [0.29, 0.717) is 7.14 Å². The minimum absolute atomic E-state index is 0.0521. The monoisotopic (exact) mass is 406 g/mol. The van der Waals surface area contributed by atoms with Gasteiger partial charge in [0.05, 0.1) is 3.57 Å². The van der Waals surface area contributed by atoms with Crippen LogP contribution >= 0.6 is 45.2 Å². The zero-order valence-corrected chi connectivity index (χ0v) is 10.4. The van der Waals surface area contributed by atoms with E-state index < -0.39 is 6.43 Å². The van der Waals surface area contributed by atoms with E-state index in [1.54, 1.807) is 28.7 Å². The molecule has 6 heteroatoms. The van der Waals surface area contributed by atoms with Crippen molar-refractivity contribution < 1.29 is 8.78 Å². The van der Waals surface area contributed by atoms with Crippen molar-refractivity contribution in [2.24, 2.45) is 0 Å². The van der Waals surface area contributed by atoms with Crippen molar-refractivity contribution in [2.45, 2.75) is 6.43 Å². The van der Waals surface area contributed by atoms with Gasteiger partial charge in [0.2, 0.25) is 0 Å². The summed E-state index contributed by atoms with van der Waals surface area (Å²) in [5.74, 6) is 0. The first kappa shape index (κ1) is 11.0. The van der Waals surface area contributed by atoms with Crippen LogP contribution < -0.4 is 0 Å². The van der Waals surface area contributed by atoms with Crippen LogP contribution in [0.5, 0.6) is 0 Å². The topological polar surface area (TPSA) is 36.7 Å². The Labute approximate surface area is 101 Å². The van der Waals surface area contributed by atoms with Gasteiger partial charge >= 0.3 is 0 Å². The summed E-state index contributed by atoms with van der Waals surface area (Å²) < 4.78 is 25.6. The normalized spacial score (nSPS) is 10.2. The zero-order chi connectivity index (χ0) is 10.0. The summed E-state index contributed by atoms with van der Waals surface area (Å²) in [5.41, 5.74) is -0.270. The highest BCUT2D eigenvalue weighted by atomic mass is 127. The number of nitrogens with zero attached hydrogens (tertiary/aromatic N) is 2. The van der Waals surface area contributed by atoms with Crippen LogP contribution in [0.1, 0.15) is 17.8 Å². The third kappa shape index (κ3) is 2.46. The lowest BCUT2D eigenvalue weighted by molar-refractivity contribution is 0.145. The van der Waals surface area contributed by atoms with Gasteiger partial charge in [0.15, 0.2) is 5.69 Å². The van der Waals surface area contributed by atoms with Gasteiger partial charge in [0.1, 0.15) is 11.8 Å². The molecule has 0 spiro atoms. The second-order valence-corrected chi connectivity index (χ2v) is 4.42. The summed E-state index contributed by atoms with van der Waals surface area (Å²) in [6.07, 6.45) is -2.63. The van der Waals surface area contributed by atoms with E-state index in [9.17, 15) is 8.78 Å². The number of pyridine rings is 1. The summed E-state index contributed by atoms with van der Waals surface area (Å²) >= 11 is 3.67. The van der Waals surface area contributed by atoms with Crippen molar-refractivity contribution in [1.82, 2.24) is 4.98 Å². The van der Waals surface area contributed by atoms with Crippen LogP contribution in [-0.4, -0.2) is 4.98 Å². The molecular weight excluding hydrogens is 404 g/mol. The van der Waals surface area contributed by atoms with Gasteiger partial charge < -0.3 is 0 Å². The van der Waals surface area contributed by atoms with Crippen LogP contribution in [0.2, 0.25) is 0 Å². The maximum atomic E-state index is 12.3. The number of alkyl halides is 2. The Morgan fingerprint density at radius 2 is 2.00 bits per heavy atom. The van der Waals surface area contributed by atoms with E-state index in [1.807, 2.05) is 22.6 Å². The zero-order valence-electron chi connectivity index (χ0n) is 6.06. The summed E-state index contributed by atoms with van der Waals surface area (Å²) in [6, 6.07) is 3.28. The molecule has 13 heavy (non-hydrogen) atoms. The molecule has 1 heterocycles. The van der Waals surface area contributed by atoms with E-state index in [2.05, 4.69) is 4.98 Å². The lowest BCUT2D eigenvalue weighted by atomic mass is 10.3. The highest BCUT2D eigenvalue weighted by Crippen LogP contribution is 2.24. The van der Waals surface area contributed by atoms with Crippen LogP contribution in [0, 0.1) is 18.5 Å². The highest BCUT2D eigenvalue weighted by Gasteiger charge is 2.16. The lowest BCUT2D eigenvalue weighted by Gasteiger charge is -2.03. The van der Waals surface area contributed by atoms with Crippen LogP contribution in [-0.2, 0) is 0 Å². The Balaban J connectivity index is 3.33. The van der Waals surface area contributed by atoms with Gasteiger partial charge in [-0.05, 0) is 51.2 Å². The van der Waals surface area contributed by atoms with Crippen molar-refractivity contribution in [3.8, 4) is 6.07 Å². The van der Waals surface area contributed by atoms with E-state index in [1.165, 1.54) is 6.07 Å². The first-order valence-corrected chi connectivity index (χ1v) is 5.26. The maximum absolute atomic E-state index is 12.3. The van der Waals surface area contributed by atoms with Gasteiger partial charge in [0.25, 0.3) is 6.43 Å². The largest absolute Gasteiger partial charge is 0.281 e. The van der Waals surface area contributed by atoms with Gasteiger partial charge in [-0.3, -0.25) is 0 Å². The van der Waals surface area contributed by atoms with E-state index in [-0.39, 0.29) is 11.4 Å². The Morgan fingerprint density at radius 3 is 2.46 bits per heavy atom. The average molecular weight is 406 g/mol. The van der Waals surface area contributed by atoms with Gasteiger partial charge in [-0.1, -0.05) is 0 Å². The minimum Gasteiger partial charge on any atom is -0.234 e. The molecule has 0 aliphatic rings. The van der Waals surface area contributed by atoms with Gasteiger partial charge in [-0.2, -0.15) is 5.26 Å². The highest BCUT2D eigenvalue weighted by molar-refractivity contribution is 14.1. The molecule has 0 unspecified atom stereocenters. The Hall–Kier alpha value is -0.0400. The molecule has 0 amide bonds. The van der Waals surface area contributed by atoms with Crippen molar-refractivity contribution in [2.75, 3.05) is 0 Å². The van der Waals surface area contributed by atoms with Crippen LogP contribution in [0.4, 0.5) is 8.78 Å². The predicted octanol–water partition coefficient (Wildman–Crippen LogP) is 3.10. The molecule has 0 aromatic carbocycles. The van der Waals surface area contributed by atoms with E-state index in [4.69, 9.17) is 5.26 Å². The van der Waals surface area contributed by atoms with Crippen molar-refractivity contribution in [1.29, 1.82) is 5.26 Å². The fourth-order valence-corrected chi connectivity index (χ4v) is 2.53. The maximum Gasteiger partial charge on any atom is 0.281 e. The standard InChI is InChI=1S/C7H2F2I2N2/c8-7(9)6-4(11)1-3(10)5(2-12)13-6/h1,7H. The fraction of sp³-hybridized carbons (Fsp3) is 0.143. The SMILES string of the molecule is N#Cc1nc(C(F)F)c(I)cc1I. The van der Waals surface area contributed by atoms with Gasteiger partial charge in [-0.25, -0.2) is 13.8 Å². The average Bonchev–Trinajstić information content (AvgIpc) is 2.03. The fourth-order valence-electron chi connectivity index (χ4n) is 0.712. The number of hydrogen-bond donors (Lipinski definition) is 0. The van der Waals surface area contributed by atoms with Crippen LogP contribution in [0.25, 0.3) is 0 Å². The van der Waals surface area contributed by atoms with Crippen LogP contribution in [0.3, 0.4) is 0 Å². The number of aromatic nitrogens is 1. The van der Waals surface area contributed by atoms with E-state index in [0.717, 1.165) is 0 Å². The number of halogens is 4. The molecule has 0 saturated carbocycles. The third-order valence-corrected chi connectivity index (χ3v) is 2.96. The van der Waals surface area contributed by atoms with Crippen LogP contribution in [0.15, 0.2) is 6.07 Å². The molecule has 1 aromatic heterocycles. The molecule has 1 aromatic rings. The predicted molar refractivity (Wildman–Crippen MR) is 59.3 cm³/mol. The Bertz CT molecular complexity index is 373. The van der Waals surface area contributed by atoms with Gasteiger partial charge in [-0.15, -0.1) is 0 Å². The molecule has 1 rings (SSSR count). The van der Waals surface area contributed by atoms with Crippen molar-refractivity contribution in [3.05, 3.63) is 24.6 Å². The van der Waals surface area contributed by atoms with Crippen molar-refractivity contribution >= 4 is 45.2 Å². The molecule has 0 bridgehead atoms. The lowest BCUT2D eigenvalue weighted by Crippen LogP contribution is -1.99. The second kappa shape index (κ2) is 4.45. The third-order valence-electron chi connectivity index (χ3n) is 1.27. The Kier molecular flexibility index (Phi) is 3.78. The molecule has 68 valence electrons. The quantitative estimate of drug-likeness (QED) is 0.673. The molecule has 0 N–H and O–H groups in total. The number of nitriles is 1. The summed E-state index contributed by atoms with van der Waals surface area (Å²) in [5, 5.41) is 8.55. The van der Waals surface area contributed by atoms with Gasteiger partial charge in [0, 0.05) is 3.57 Å². The molecule has 2 nitrogen and oxygen atoms in total. The molecule has 0 aliphatic carbocycles. The Morgan fingerprint density at radius 1 is 1.38 bits per heavy atom. The second-order valence-electron chi connectivity index (χ2n) is 2.10. The molecule has 0 radical (unpaired) electrons. The molecular formula is C7H2F2I2N2. The molecule has 0 fully saturated rings. The summed E-state index contributed by atoms with van der Waals surface area (Å²) in [7, 11) is 0. The first-order valence-electron chi connectivity index (χ1n) is 3.10. The summed E-state index contributed by atoms with van der Waals surface area (Å²) in [4.78, 5) is 3.56. The first-order chi connectivity index (χ1) is 6.06. The summed E-state index contributed by atoms with van der Waals surface area (Å²) in [6.45, 7) is 0. The van der Waals surface area contributed by atoms with E-state index >= 15 is 0 Å². The number of hydrogen-bond acceptors (Lipinski definition) is 2. The number of rotatable bonds is 1. The molecule has 0 atom stereocenters.